The first-order valence-electron chi connectivity index (χ1n) is 10.8. The van der Waals surface area contributed by atoms with Gasteiger partial charge in [-0.3, -0.25) is 9.89 Å². The van der Waals surface area contributed by atoms with Gasteiger partial charge in [-0.25, -0.2) is 14.8 Å². The Balaban J connectivity index is 1.78. The molecule has 0 aliphatic carbocycles. The van der Waals surface area contributed by atoms with Crippen molar-refractivity contribution in [3.63, 3.8) is 0 Å². The van der Waals surface area contributed by atoms with E-state index in [2.05, 4.69) is 37.3 Å². The number of aliphatic imine (C=N–C) groups is 2. The molecule has 0 saturated carbocycles. The van der Waals surface area contributed by atoms with Crippen molar-refractivity contribution in [3.8, 4) is 0 Å². The first kappa shape index (κ1) is 27.2. The Bertz CT molecular complexity index is 892. The average Bonchev–Trinajstić information content (AvgIpc) is 2.84. The standard InChI is InChI=1S/C23H30F4N6O/c1-3-20(31-21-7-4-6-18(16-21)23(25,26)27)8-5-10-30-32-22(28-2)29-17-19(24)9-11-33-12-14-34-15-13-33/h3-4,6-8,10,16-17,19,31H,1,5,9,11-15H2,2H3,(H,28,32)/b20-8+,29-17-,30-10-. The minimum absolute atomic E-state index is 0.153. The number of benzene rings is 1. The molecule has 1 heterocycles. The van der Waals surface area contributed by atoms with Crippen LogP contribution in [0.4, 0.5) is 23.2 Å². The molecule has 1 aliphatic rings. The minimum Gasteiger partial charge on any atom is -0.379 e. The van der Waals surface area contributed by atoms with E-state index in [1.54, 1.807) is 6.08 Å². The number of guanidine groups is 1. The van der Waals surface area contributed by atoms with E-state index in [4.69, 9.17) is 4.74 Å². The highest BCUT2D eigenvalue weighted by molar-refractivity contribution is 5.88. The maximum atomic E-state index is 14.1. The molecule has 1 aromatic rings. The van der Waals surface area contributed by atoms with Crippen LogP contribution in [0.5, 0.6) is 0 Å². The zero-order valence-corrected chi connectivity index (χ0v) is 19.1. The van der Waals surface area contributed by atoms with E-state index in [1.807, 2.05) is 0 Å². The fourth-order valence-corrected chi connectivity index (χ4v) is 2.95. The van der Waals surface area contributed by atoms with Gasteiger partial charge in [-0.1, -0.05) is 18.7 Å². The second kappa shape index (κ2) is 14.3. The number of hydrogen-bond donors (Lipinski definition) is 2. The summed E-state index contributed by atoms with van der Waals surface area (Å²) in [5.41, 5.74) is 2.70. The van der Waals surface area contributed by atoms with Crippen molar-refractivity contribution in [2.45, 2.75) is 25.2 Å². The van der Waals surface area contributed by atoms with Gasteiger partial charge in [0.05, 0.1) is 18.8 Å². The van der Waals surface area contributed by atoms with Crippen LogP contribution in [0.25, 0.3) is 0 Å². The maximum absolute atomic E-state index is 14.1. The molecule has 1 aliphatic heterocycles. The summed E-state index contributed by atoms with van der Waals surface area (Å²) in [6.07, 6.45) is 0.967. The molecule has 0 radical (unpaired) electrons. The van der Waals surface area contributed by atoms with Crippen molar-refractivity contribution in [2.75, 3.05) is 45.2 Å². The Kier molecular flexibility index (Phi) is 11.4. The number of hydrogen-bond acceptors (Lipinski definition) is 5. The Morgan fingerprint density at radius 1 is 1.29 bits per heavy atom. The topological polar surface area (TPSA) is 73.6 Å². The van der Waals surface area contributed by atoms with Crippen LogP contribution in [0.1, 0.15) is 18.4 Å². The summed E-state index contributed by atoms with van der Waals surface area (Å²) < 4.78 is 57.9. The molecule has 0 bridgehead atoms. The fourth-order valence-electron chi connectivity index (χ4n) is 2.95. The van der Waals surface area contributed by atoms with Gasteiger partial charge in [0.1, 0.15) is 6.17 Å². The molecule has 0 amide bonds. The maximum Gasteiger partial charge on any atom is 0.416 e. The lowest BCUT2D eigenvalue weighted by Crippen LogP contribution is -2.37. The monoisotopic (exact) mass is 482 g/mol. The van der Waals surface area contributed by atoms with Gasteiger partial charge >= 0.3 is 6.18 Å². The Hall–Kier alpha value is -3.05. The highest BCUT2D eigenvalue weighted by Crippen LogP contribution is 2.30. The van der Waals surface area contributed by atoms with Crippen molar-refractivity contribution < 1.29 is 22.3 Å². The zero-order chi connectivity index (χ0) is 24.8. The Labute approximate surface area is 197 Å². The Morgan fingerprint density at radius 2 is 2.06 bits per heavy atom. The lowest BCUT2D eigenvalue weighted by molar-refractivity contribution is -0.137. The highest BCUT2D eigenvalue weighted by atomic mass is 19.4. The van der Waals surface area contributed by atoms with Gasteiger partial charge in [0.15, 0.2) is 0 Å². The number of rotatable bonds is 10. The van der Waals surface area contributed by atoms with Gasteiger partial charge < -0.3 is 10.1 Å². The van der Waals surface area contributed by atoms with Crippen LogP contribution in [0.2, 0.25) is 0 Å². The van der Waals surface area contributed by atoms with Crippen molar-refractivity contribution >= 4 is 24.1 Å². The number of allylic oxidation sites excluding steroid dienone is 2. The van der Waals surface area contributed by atoms with Gasteiger partial charge in [-0.05, 0) is 30.7 Å². The number of ether oxygens (including phenoxy) is 1. The van der Waals surface area contributed by atoms with E-state index in [0.29, 0.717) is 44.0 Å². The van der Waals surface area contributed by atoms with Crippen LogP contribution in [0, 0.1) is 0 Å². The number of morpholine rings is 1. The second-order valence-electron chi connectivity index (χ2n) is 7.31. The van der Waals surface area contributed by atoms with Crippen LogP contribution in [0.15, 0.2) is 63.8 Å². The first-order chi connectivity index (χ1) is 16.3. The number of hydrazone groups is 1. The van der Waals surface area contributed by atoms with Crippen LogP contribution in [-0.4, -0.2) is 69.4 Å². The van der Waals surface area contributed by atoms with E-state index in [9.17, 15) is 17.6 Å². The van der Waals surface area contributed by atoms with E-state index in [-0.39, 0.29) is 5.96 Å². The number of halogens is 4. The van der Waals surface area contributed by atoms with Gasteiger partial charge in [0, 0.05) is 56.9 Å². The predicted molar refractivity (Wildman–Crippen MR) is 128 cm³/mol. The van der Waals surface area contributed by atoms with Crippen LogP contribution < -0.4 is 10.7 Å². The summed E-state index contributed by atoms with van der Waals surface area (Å²) in [7, 11) is 1.50. The predicted octanol–water partition coefficient (Wildman–Crippen LogP) is 4.27. The number of alkyl halides is 4. The molecule has 0 aromatic heterocycles. The lowest BCUT2D eigenvalue weighted by Gasteiger charge is -2.26. The lowest BCUT2D eigenvalue weighted by atomic mass is 10.2. The summed E-state index contributed by atoms with van der Waals surface area (Å²) in [5, 5.41) is 6.86. The smallest absolute Gasteiger partial charge is 0.379 e. The fraction of sp³-hybridized carbons (Fsp3) is 0.435. The van der Waals surface area contributed by atoms with Crippen molar-refractivity contribution in [3.05, 3.63) is 54.3 Å². The van der Waals surface area contributed by atoms with E-state index in [1.165, 1.54) is 37.7 Å². The molecule has 11 heteroatoms. The molecule has 7 nitrogen and oxygen atoms in total. The third-order valence-electron chi connectivity index (χ3n) is 4.79. The largest absolute Gasteiger partial charge is 0.416 e. The second-order valence-corrected chi connectivity index (χ2v) is 7.31. The van der Waals surface area contributed by atoms with E-state index >= 15 is 0 Å². The summed E-state index contributed by atoms with van der Waals surface area (Å²) in [6.45, 7) is 7.24. The quantitative estimate of drug-likeness (QED) is 0.172. The van der Waals surface area contributed by atoms with Gasteiger partial charge in [0.25, 0.3) is 0 Å². The molecule has 0 spiro atoms. The molecule has 1 aromatic carbocycles. The molecule has 186 valence electrons. The molecule has 1 saturated heterocycles. The summed E-state index contributed by atoms with van der Waals surface area (Å²) in [4.78, 5) is 10.0. The van der Waals surface area contributed by atoms with Crippen LogP contribution >= 0.6 is 0 Å². The summed E-state index contributed by atoms with van der Waals surface area (Å²) >= 11 is 0. The molecule has 34 heavy (non-hydrogen) atoms. The third kappa shape index (κ3) is 10.3. The van der Waals surface area contributed by atoms with Crippen LogP contribution in [-0.2, 0) is 10.9 Å². The minimum atomic E-state index is -4.42. The van der Waals surface area contributed by atoms with Crippen molar-refractivity contribution in [1.29, 1.82) is 0 Å². The normalized spacial score (nSPS) is 17.3. The summed E-state index contributed by atoms with van der Waals surface area (Å²) in [6, 6.07) is 4.89. The number of nitrogens with zero attached hydrogens (tertiary/aromatic N) is 4. The van der Waals surface area contributed by atoms with E-state index in [0.717, 1.165) is 25.2 Å². The number of nitrogens with one attached hydrogen (secondary N) is 2. The van der Waals surface area contributed by atoms with E-state index < -0.39 is 17.9 Å². The third-order valence-corrected chi connectivity index (χ3v) is 4.79. The first-order valence-corrected chi connectivity index (χ1v) is 10.8. The van der Waals surface area contributed by atoms with Gasteiger partial charge in [0.2, 0.25) is 5.96 Å². The molecular formula is C23H30F4N6O. The molecule has 1 unspecified atom stereocenters. The Morgan fingerprint density at radius 3 is 2.74 bits per heavy atom. The molecular weight excluding hydrogens is 452 g/mol. The number of anilines is 1. The van der Waals surface area contributed by atoms with Gasteiger partial charge in [-0.15, -0.1) is 0 Å². The SMILES string of the molecule is C=C/C(=C\C/C=N\NC(=NC)/N=C\C(F)CCN1CCOCC1)Nc1cccc(C(F)(F)F)c1. The molecule has 2 N–H and O–H groups in total. The molecule has 1 fully saturated rings. The molecule has 1 atom stereocenters. The van der Waals surface area contributed by atoms with Crippen molar-refractivity contribution in [1.82, 2.24) is 10.3 Å². The molecule has 2 rings (SSSR count). The zero-order valence-electron chi connectivity index (χ0n) is 19.1. The van der Waals surface area contributed by atoms with Crippen LogP contribution in [0.3, 0.4) is 0 Å². The van der Waals surface area contributed by atoms with Gasteiger partial charge in [-0.2, -0.15) is 18.3 Å². The summed E-state index contributed by atoms with van der Waals surface area (Å²) in [5.74, 6) is 0.153. The average molecular weight is 483 g/mol. The highest BCUT2D eigenvalue weighted by Gasteiger charge is 2.30. The van der Waals surface area contributed by atoms with Crippen molar-refractivity contribution in [2.24, 2.45) is 15.1 Å².